The minimum absolute atomic E-state index is 0.442. The lowest BCUT2D eigenvalue weighted by atomic mass is 10.3. The monoisotopic (exact) mass is 240 g/mol. The number of aromatic nitrogens is 5. The van der Waals surface area contributed by atoms with E-state index in [4.69, 9.17) is 5.73 Å². The average molecular weight is 240 g/mol. The number of pyridine rings is 1. The van der Waals surface area contributed by atoms with Crippen molar-refractivity contribution in [1.82, 2.24) is 24.7 Å². The second-order valence-corrected chi connectivity index (χ2v) is 4.07. The van der Waals surface area contributed by atoms with Crippen LogP contribution in [-0.2, 0) is 6.54 Å². The van der Waals surface area contributed by atoms with Crippen LogP contribution in [-0.4, -0.2) is 24.7 Å². The lowest BCUT2D eigenvalue weighted by molar-refractivity contribution is 0.775. The molecule has 2 N–H and O–H groups in total. The lowest BCUT2D eigenvalue weighted by Gasteiger charge is -2.04. The highest BCUT2D eigenvalue weighted by Crippen LogP contribution is 2.19. The van der Waals surface area contributed by atoms with Crippen molar-refractivity contribution < 1.29 is 0 Å². The largest absolute Gasteiger partial charge is 0.369 e. The molecule has 0 saturated heterocycles. The topological polar surface area (TPSA) is 82.5 Å². The summed E-state index contributed by atoms with van der Waals surface area (Å²) in [6, 6.07) is 5.66. The fourth-order valence-corrected chi connectivity index (χ4v) is 1.89. The molecule has 0 amide bonds. The molecule has 0 radical (unpaired) electrons. The predicted octanol–water partition coefficient (Wildman–Crippen LogP) is 1.16. The summed E-state index contributed by atoms with van der Waals surface area (Å²) in [5.74, 6) is 0.442. The maximum Gasteiger partial charge on any atom is 0.202 e. The molecular formula is C12H12N6. The molecule has 0 spiro atoms. The first kappa shape index (κ1) is 10.6. The third-order valence-corrected chi connectivity index (χ3v) is 2.81. The van der Waals surface area contributed by atoms with Crippen molar-refractivity contribution in [3.63, 3.8) is 0 Å². The average Bonchev–Trinajstić information content (AvgIpc) is 2.70. The van der Waals surface area contributed by atoms with Gasteiger partial charge >= 0.3 is 0 Å². The number of fused-ring (bicyclic) bond motifs is 1. The smallest absolute Gasteiger partial charge is 0.202 e. The molecule has 0 aliphatic heterocycles. The SMILES string of the molecule is Cc1ccnc2c1nc(N)n2Cc1cccnn1. The van der Waals surface area contributed by atoms with Crippen LogP contribution in [0.15, 0.2) is 30.6 Å². The van der Waals surface area contributed by atoms with Crippen LogP contribution in [0.1, 0.15) is 11.3 Å². The van der Waals surface area contributed by atoms with Crippen LogP contribution in [0.4, 0.5) is 5.95 Å². The molecule has 3 aromatic rings. The Bertz CT molecular complexity index is 688. The molecule has 0 aromatic carbocycles. The molecule has 0 saturated carbocycles. The van der Waals surface area contributed by atoms with E-state index in [1.807, 2.05) is 29.7 Å². The maximum atomic E-state index is 5.93. The Morgan fingerprint density at radius 2 is 2.17 bits per heavy atom. The molecule has 3 rings (SSSR count). The van der Waals surface area contributed by atoms with Crippen LogP contribution in [0, 0.1) is 6.92 Å². The van der Waals surface area contributed by atoms with Crippen LogP contribution in [0.25, 0.3) is 11.2 Å². The number of nitrogens with zero attached hydrogens (tertiary/aromatic N) is 5. The minimum atomic E-state index is 0.442. The number of rotatable bonds is 2. The number of aryl methyl sites for hydroxylation is 1. The number of imidazole rings is 1. The lowest BCUT2D eigenvalue weighted by Crippen LogP contribution is -2.07. The van der Waals surface area contributed by atoms with Gasteiger partial charge < -0.3 is 5.73 Å². The van der Waals surface area contributed by atoms with Gasteiger partial charge in [-0.1, -0.05) is 0 Å². The number of nitrogens with two attached hydrogens (primary N) is 1. The van der Waals surface area contributed by atoms with Gasteiger partial charge in [-0.3, -0.25) is 4.57 Å². The molecule has 6 heteroatoms. The Kier molecular flexibility index (Phi) is 2.40. The third kappa shape index (κ3) is 1.67. The van der Waals surface area contributed by atoms with E-state index in [-0.39, 0.29) is 0 Å². The van der Waals surface area contributed by atoms with Gasteiger partial charge in [0, 0.05) is 12.4 Å². The molecule has 0 unspecified atom stereocenters. The third-order valence-electron chi connectivity index (χ3n) is 2.81. The zero-order valence-electron chi connectivity index (χ0n) is 9.91. The van der Waals surface area contributed by atoms with E-state index in [0.717, 1.165) is 22.4 Å². The molecule has 0 aliphatic rings. The molecule has 0 fully saturated rings. The van der Waals surface area contributed by atoms with Crippen molar-refractivity contribution in [2.24, 2.45) is 0 Å². The molecular weight excluding hydrogens is 228 g/mol. The van der Waals surface area contributed by atoms with Crippen molar-refractivity contribution in [3.8, 4) is 0 Å². The summed E-state index contributed by atoms with van der Waals surface area (Å²) in [5, 5.41) is 7.89. The van der Waals surface area contributed by atoms with E-state index in [9.17, 15) is 0 Å². The standard InChI is InChI=1S/C12H12N6/c1-8-4-6-14-11-10(8)16-12(13)18(11)7-9-3-2-5-15-17-9/h2-6H,7H2,1H3,(H2,13,16). The van der Waals surface area contributed by atoms with Crippen LogP contribution in [0.2, 0.25) is 0 Å². The minimum Gasteiger partial charge on any atom is -0.369 e. The number of nitrogen functional groups attached to an aromatic ring is 1. The Morgan fingerprint density at radius 1 is 1.28 bits per heavy atom. The maximum absolute atomic E-state index is 5.93. The highest BCUT2D eigenvalue weighted by atomic mass is 15.2. The van der Waals surface area contributed by atoms with E-state index in [2.05, 4.69) is 20.2 Å². The molecule has 0 bridgehead atoms. The van der Waals surface area contributed by atoms with E-state index < -0.39 is 0 Å². The highest BCUT2D eigenvalue weighted by molar-refractivity contribution is 5.77. The summed E-state index contributed by atoms with van der Waals surface area (Å²) in [4.78, 5) is 8.67. The van der Waals surface area contributed by atoms with Gasteiger partial charge in [-0.05, 0) is 30.7 Å². The van der Waals surface area contributed by atoms with Gasteiger partial charge in [0.25, 0.3) is 0 Å². The van der Waals surface area contributed by atoms with Crippen molar-refractivity contribution in [1.29, 1.82) is 0 Å². The summed E-state index contributed by atoms with van der Waals surface area (Å²) >= 11 is 0. The Morgan fingerprint density at radius 3 is 2.94 bits per heavy atom. The van der Waals surface area contributed by atoms with Gasteiger partial charge in [-0.15, -0.1) is 0 Å². The first-order chi connectivity index (χ1) is 8.75. The van der Waals surface area contributed by atoms with E-state index in [0.29, 0.717) is 12.5 Å². The first-order valence-corrected chi connectivity index (χ1v) is 5.59. The van der Waals surface area contributed by atoms with E-state index in [1.165, 1.54) is 0 Å². The first-order valence-electron chi connectivity index (χ1n) is 5.59. The van der Waals surface area contributed by atoms with Crippen molar-refractivity contribution in [2.75, 3.05) is 5.73 Å². The van der Waals surface area contributed by atoms with Crippen LogP contribution in [0.3, 0.4) is 0 Å². The van der Waals surface area contributed by atoms with Gasteiger partial charge in [0.2, 0.25) is 5.95 Å². The summed E-state index contributed by atoms with van der Waals surface area (Å²) in [7, 11) is 0. The molecule has 6 nitrogen and oxygen atoms in total. The van der Waals surface area contributed by atoms with Gasteiger partial charge in [0.15, 0.2) is 5.65 Å². The summed E-state index contributed by atoms with van der Waals surface area (Å²) in [6.07, 6.45) is 3.40. The van der Waals surface area contributed by atoms with Gasteiger partial charge in [-0.25, -0.2) is 9.97 Å². The normalized spacial score (nSPS) is 10.9. The van der Waals surface area contributed by atoms with Crippen molar-refractivity contribution in [3.05, 3.63) is 41.9 Å². The zero-order valence-corrected chi connectivity index (χ0v) is 9.91. The summed E-state index contributed by atoms with van der Waals surface area (Å²) in [6.45, 7) is 2.51. The molecule has 3 heterocycles. The van der Waals surface area contributed by atoms with Crippen molar-refractivity contribution >= 4 is 17.1 Å². The fourth-order valence-electron chi connectivity index (χ4n) is 1.89. The quantitative estimate of drug-likeness (QED) is 0.726. The zero-order chi connectivity index (χ0) is 12.5. The molecule has 90 valence electrons. The number of hydrogen-bond acceptors (Lipinski definition) is 5. The van der Waals surface area contributed by atoms with Crippen LogP contribution >= 0.6 is 0 Å². The number of hydrogen-bond donors (Lipinski definition) is 1. The molecule has 0 atom stereocenters. The van der Waals surface area contributed by atoms with E-state index in [1.54, 1.807) is 12.4 Å². The molecule has 18 heavy (non-hydrogen) atoms. The van der Waals surface area contributed by atoms with E-state index >= 15 is 0 Å². The van der Waals surface area contributed by atoms with Gasteiger partial charge in [-0.2, -0.15) is 10.2 Å². The number of anilines is 1. The van der Waals surface area contributed by atoms with Crippen LogP contribution in [0.5, 0.6) is 0 Å². The van der Waals surface area contributed by atoms with Crippen molar-refractivity contribution in [2.45, 2.75) is 13.5 Å². The fraction of sp³-hybridized carbons (Fsp3) is 0.167. The summed E-state index contributed by atoms with van der Waals surface area (Å²) in [5.41, 5.74) is 9.43. The molecule has 0 aliphatic carbocycles. The Hall–Kier alpha value is -2.50. The second-order valence-electron chi connectivity index (χ2n) is 4.07. The highest BCUT2D eigenvalue weighted by Gasteiger charge is 2.11. The predicted molar refractivity (Wildman–Crippen MR) is 67.8 cm³/mol. The second kappa shape index (κ2) is 4.06. The molecule has 3 aromatic heterocycles. The summed E-state index contributed by atoms with van der Waals surface area (Å²) < 4.78 is 1.84. The van der Waals surface area contributed by atoms with Crippen LogP contribution < -0.4 is 5.73 Å². The Labute approximate surface area is 104 Å². The van der Waals surface area contributed by atoms with Gasteiger partial charge in [0.05, 0.1) is 12.2 Å². The Balaban J connectivity index is 2.12. The van der Waals surface area contributed by atoms with Gasteiger partial charge in [0.1, 0.15) is 5.52 Å².